The Bertz CT molecular complexity index is 323. The molecule has 4 atom stereocenters. The van der Waals surface area contributed by atoms with Crippen LogP contribution in [0.1, 0.15) is 53.4 Å². The molecule has 0 aliphatic heterocycles. The Balaban J connectivity index is 2.11. The summed E-state index contributed by atoms with van der Waals surface area (Å²) < 4.78 is 0. The quantitative estimate of drug-likeness (QED) is 0.513. The molecule has 0 unspecified atom stereocenters. The SMILES string of the molecule is CC1=CC[C@@H]2[C@H]3CC[C@@H](C)[C@@]12CC3(C)C. The molecule has 0 saturated heterocycles. The van der Waals surface area contributed by atoms with E-state index in [4.69, 9.17) is 0 Å². The van der Waals surface area contributed by atoms with Crippen LogP contribution < -0.4 is 0 Å². The van der Waals surface area contributed by atoms with Crippen LogP contribution in [0.3, 0.4) is 0 Å². The molecule has 0 N–H and O–H groups in total. The van der Waals surface area contributed by atoms with E-state index < -0.39 is 0 Å². The average Bonchev–Trinajstić information content (AvgIpc) is 2.54. The number of hydrogen-bond donors (Lipinski definition) is 0. The fraction of sp³-hybridized carbons (Fsp3) is 0.867. The van der Waals surface area contributed by atoms with E-state index in [0.29, 0.717) is 10.8 Å². The van der Waals surface area contributed by atoms with Crippen LogP contribution in [0.4, 0.5) is 0 Å². The van der Waals surface area contributed by atoms with Crippen molar-refractivity contribution in [3.63, 3.8) is 0 Å². The van der Waals surface area contributed by atoms with Gasteiger partial charge in [-0.2, -0.15) is 0 Å². The van der Waals surface area contributed by atoms with E-state index >= 15 is 0 Å². The molecule has 0 spiro atoms. The van der Waals surface area contributed by atoms with Crippen LogP contribution in [0.15, 0.2) is 11.6 Å². The zero-order chi connectivity index (χ0) is 10.8. The Morgan fingerprint density at radius 2 is 1.93 bits per heavy atom. The predicted octanol–water partition coefficient (Wildman–Crippen LogP) is 4.42. The van der Waals surface area contributed by atoms with Crippen LogP contribution in [0.25, 0.3) is 0 Å². The molecule has 15 heavy (non-hydrogen) atoms. The molecule has 84 valence electrons. The van der Waals surface area contributed by atoms with Gasteiger partial charge in [0, 0.05) is 0 Å². The molecule has 0 aromatic heterocycles. The van der Waals surface area contributed by atoms with Crippen molar-refractivity contribution in [1.82, 2.24) is 0 Å². The summed E-state index contributed by atoms with van der Waals surface area (Å²) in [4.78, 5) is 0. The summed E-state index contributed by atoms with van der Waals surface area (Å²) in [5.74, 6) is 2.93. The maximum Gasteiger partial charge on any atom is -0.00261 e. The summed E-state index contributed by atoms with van der Waals surface area (Å²) in [6, 6.07) is 0. The van der Waals surface area contributed by atoms with Gasteiger partial charge in [-0.25, -0.2) is 0 Å². The zero-order valence-electron chi connectivity index (χ0n) is 10.6. The Kier molecular flexibility index (Phi) is 1.79. The first-order valence-electron chi connectivity index (χ1n) is 6.66. The van der Waals surface area contributed by atoms with E-state index in [1.54, 1.807) is 5.57 Å². The molecule has 0 aromatic rings. The van der Waals surface area contributed by atoms with Crippen LogP contribution in [0.2, 0.25) is 0 Å². The first-order chi connectivity index (χ1) is 6.98. The van der Waals surface area contributed by atoms with Crippen LogP contribution in [-0.4, -0.2) is 0 Å². The average molecular weight is 204 g/mol. The summed E-state index contributed by atoms with van der Waals surface area (Å²) in [5, 5.41) is 0. The lowest BCUT2D eigenvalue weighted by Gasteiger charge is -2.43. The predicted molar refractivity (Wildman–Crippen MR) is 64.6 cm³/mol. The summed E-state index contributed by atoms with van der Waals surface area (Å²) in [6.07, 6.45) is 8.34. The summed E-state index contributed by atoms with van der Waals surface area (Å²) in [6.45, 7) is 9.94. The van der Waals surface area contributed by atoms with Crippen molar-refractivity contribution in [1.29, 1.82) is 0 Å². The molecule has 2 fully saturated rings. The third kappa shape index (κ3) is 0.990. The highest BCUT2D eigenvalue weighted by Crippen LogP contribution is 2.71. The van der Waals surface area contributed by atoms with Gasteiger partial charge in [-0.3, -0.25) is 0 Å². The first-order valence-corrected chi connectivity index (χ1v) is 6.66. The first kappa shape index (κ1) is 9.93. The van der Waals surface area contributed by atoms with Gasteiger partial charge in [0.1, 0.15) is 0 Å². The van der Waals surface area contributed by atoms with Gasteiger partial charge in [0.2, 0.25) is 0 Å². The van der Waals surface area contributed by atoms with E-state index in [-0.39, 0.29) is 0 Å². The highest BCUT2D eigenvalue weighted by molar-refractivity contribution is 5.29. The minimum absolute atomic E-state index is 0.602. The Morgan fingerprint density at radius 1 is 1.20 bits per heavy atom. The fourth-order valence-electron chi connectivity index (χ4n) is 5.43. The molecule has 0 heterocycles. The van der Waals surface area contributed by atoms with Gasteiger partial charge in [-0.1, -0.05) is 32.4 Å². The molecule has 0 aromatic carbocycles. The second-order valence-electron chi connectivity index (χ2n) is 7.02. The van der Waals surface area contributed by atoms with Crippen LogP contribution in [0, 0.1) is 28.6 Å². The fourth-order valence-corrected chi connectivity index (χ4v) is 5.43. The lowest BCUT2D eigenvalue weighted by molar-refractivity contribution is 0.0914. The van der Waals surface area contributed by atoms with E-state index in [9.17, 15) is 0 Å². The Labute approximate surface area is 94.1 Å². The minimum atomic E-state index is 0.602. The number of hydrogen-bond acceptors (Lipinski definition) is 0. The standard InChI is InChI=1S/C15H24/c1-10-5-7-12-13-8-6-11(2)15(10,13)9-14(12,3)4/h6,10,12-13H,5,7-9H2,1-4H3/t10-,12-,13-,15+/m1/s1. The summed E-state index contributed by atoms with van der Waals surface area (Å²) in [5.41, 5.74) is 2.95. The lowest BCUT2D eigenvalue weighted by atomic mass is 9.61. The van der Waals surface area contributed by atoms with Crippen molar-refractivity contribution in [3.05, 3.63) is 11.6 Å². The molecular weight excluding hydrogens is 180 g/mol. The summed E-state index contributed by atoms with van der Waals surface area (Å²) in [7, 11) is 0. The lowest BCUT2D eigenvalue weighted by Crippen LogP contribution is -2.36. The van der Waals surface area contributed by atoms with Gasteiger partial charge < -0.3 is 0 Å². The van der Waals surface area contributed by atoms with Gasteiger partial charge in [-0.05, 0) is 61.2 Å². The van der Waals surface area contributed by atoms with Crippen molar-refractivity contribution >= 4 is 0 Å². The van der Waals surface area contributed by atoms with Crippen molar-refractivity contribution in [2.24, 2.45) is 28.6 Å². The van der Waals surface area contributed by atoms with Gasteiger partial charge in [0.05, 0.1) is 0 Å². The second-order valence-corrected chi connectivity index (χ2v) is 7.02. The molecule has 3 aliphatic rings. The largest absolute Gasteiger partial charge is 0.0847 e. The van der Waals surface area contributed by atoms with Crippen molar-refractivity contribution in [2.45, 2.75) is 53.4 Å². The minimum Gasteiger partial charge on any atom is -0.0847 e. The smallest absolute Gasteiger partial charge is 0.00261 e. The highest BCUT2D eigenvalue weighted by atomic mass is 14.7. The second kappa shape index (κ2) is 2.70. The molecule has 0 nitrogen and oxygen atoms in total. The van der Waals surface area contributed by atoms with Gasteiger partial charge in [0.15, 0.2) is 0 Å². The Hall–Kier alpha value is -0.260. The highest BCUT2D eigenvalue weighted by Gasteiger charge is 2.62. The van der Waals surface area contributed by atoms with E-state index in [2.05, 4.69) is 33.8 Å². The molecule has 2 saturated carbocycles. The topological polar surface area (TPSA) is 0 Å². The maximum atomic E-state index is 2.55. The van der Waals surface area contributed by atoms with Crippen molar-refractivity contribution in [2.75, 3.05) is 0 Å². The normalized spacial score (nSPS) is 51.5. The Morgan fingerprint density at radius 3 is 2.60 bits per heavy atom. The van der Waals surface area contributed by atoms with E-state index in [0.717, 1.165) is 17.8 Å². The maximum absolute atomic E-state index is 2.55. The summed E-state index contributed by atoms with van der Waals surface area (Å²) >= 11 is 0. The van der Waals surface area contributed by atoms with E-state index in [1.165, 1.54) is 25.7 Å². The van der Waals surface area contributed by atoms with Crippen LogP contribution in [-0.2, 0) is 0 Å². The van der Waals surface area contributed by atoms with E-state index in [1.807, 2.05) is 0 Å². The van der Waals surface area contributed by atoms with Crippen LogP contribution >= 0.6 is 0 Å². The molecule has 0 heteroatoms. The molecule has 0 amide bonds. The van der Waals surface area contributed by atoms with Gasteiger partial charge >= 0.3 is 0 Å². The van der Waals surface area contributed by atoms with Gasteiger partial charge in [-0.15, -0.1) is 0 Å². The van der Waals surface area contributed by atoms with Crippen molar-refractivity contribution < 1.29 is 0 Å². The molecular formula is C15H24. The monoisotopic (exact) mass is 204 g/mol. The van der Waals surface area contributed by atoms with Crippen LogP contribution in [0.5, 0.6) is 0 Å². The third-order valence-electron chi connectivity index (χ3n) is 6.10. The number of rotatable bonds is 0. The molecule has 0 radical (unpaired) electrons. The zero-order valence-corrected chi connectivity index (χ0v) is 10.6. The van der Waals surface area contributed by atoms with Gasteiger partial charge in [0.25, 0.3) is 0 Å². The third-order valence-corrected chi connectivity index (χ3v) is 6.10. The number of allylic oxidation sites excluding steroid dienone is 2. The molecule has 3 rings (SSSR count). The van der Waals surface area contributed by atoms with Crippen molar-refractivity contribution in [3.8, 4) is 0 Å². The molecule has 2 bridgehead atoms. The molecule has 3 aliphatic carbocycles.